The summed E-state index contributed by atoms with van der Waals surface area (Å²) >= 11 is 0. The van der Waals surface area contributed by atoms with Gasteiger partial charge in [0.2, 0.25) is 5.90 Å². The van der Waals surface area contributed by atoms with Crippen LogP contribution in [-0.2, 0) is 11.8 Å². The van der Waals surface area contributed by atoms with Crippen LogP contribution in [0.25, 0.3) is 22.3 Å². The van der Waals surface area contributed by atoms with Crippen LogP contribution < -0.4 is 20.1 Å². The van der Waals surface area contributed by atoms with Crippen LogP contribution in [0.5, 0.6) is 11.5 Å². The van der Waals surface area contributed by atoms with Crippen LogP contribution >= 0.6 is 0 Å². The molecular formula is C25H27N7O3. The third-order valence-electron chi connectivity index (χ3n) is 5.28. The molecule has 10 nitrogen and oxygen atoms in total. The molecule has 0 aliphatic heterocycles. The second-order valence-corrected chi connectivity index (χ2v) is 7.67. The molecule has 2 heterocycles. The van der Waals surface area contributed by atoms with Crippen LogP contribution in [0.4, 0.5) is 11.4 Å². The number of rotatable bonds is 8. The summed E-state index contributed by atoms with van der Waals surface area (Å²) in [6, 6.07) is 11.4. The van der Waals surface area contributed by atoms with Gasteiger partial charge < -0.3 is 24.8 Å². The highest BCUT2D eigenvalue weighted by atomic mass is 16.5. The quantitative estimate of drug-likeness (QED) is 0.234. The zero-order chi connectivity index (χ0) is 24.9. The van der Waals surface area contributed by atoms with Crippen molar-refractivity contribution in [3.05, 3.63) is 67.5 Å². The first-order valence-electron chi connectivity index (χ1n) is 10.7. The van der Waals surface area contributed by atoms with Crippen molar-refractivity contribution in [1.82, 2.24) is 19.7 Å². The maximum absolute atomic E-state index is 5.68. The predicted octanol–water partition coefficient (Wildman–Crippen LogP) is 3.66. The van der Waals surface area contributed by atoms with Gasteiger partial charge in [0.15, 0.2) is 5.88 Å². The Morgan fingerprint density at radius 3 is 2.40 bits per heavy atom. The fraction of sp³-hybridized carbons (Fsp3) is 0.200. The third kappa shape index (κ3) is 5.32. The first-order valence-corrected chi connectivity index (χ1v) is 10.7. The van der Waals surface area contributed by atoms with Crippen molar-refractivity contribution in [2.24, 2.45) is 17.8 Å². The number of anilines is 2. The molecule has 0 fully saturated rings. The first kappa shape index (κ1) is 23.6. The number of aromatic nitrogens is 4. The summed E-state index contributed by atoms with van der Waals surface area (Å²) in [4.78, 5) is 15.6. The Hall–Kier alpha value is -4.60. The number of nitrogens with two attached hydrogens (primary N) is 1. The maximum atomic E-state index is 5.68. The van der Waals surface area contributed by atoms with Crippen LogP contribution in [-0.4, -0.2) is 53.5 Å². The van der Waals surface area contributed by atoms with Gasteiger partial charge in [0.1, 0.15) is 11.5 Å². The van der Waals surface area contributed by atoms with Crippen LogP contribution in [0.1, 0.15) is 0 Å². The molecule has 0 radical (unpaired) electrons. The average Bonchev–Trinajstić information content (AvgIpc) is 3.31. The van der Waals surface area contributed by atoms with E-state index < -0.39 is 0 Å². The molecule has 0 bridgehead atoms. The van der Waals surface area contributed by atoms with Gasteiger partial charge in [-0.15, -0.1) is 0 Å². The van der Waals surface area contributed by atoms with E-state index in [4.69, 9.17) is 24.9 Å². The molecule has 35 heavy (non-hydrogen) atoms. The lowest BCUT2D eigenvalue weighted by Gasteiger charge is -2.26. The predicted molar refractivity (Wildman–Crippen MR) is 136 cm³/mol. The summed E-state index contributed by atoms with van der Waals surface area (Å²) in [5, 5.41) is 4.23. The van der Waals surface area contributed by atoms with E-state index >= 15 is 0 Å². The third-order valence-corrected chi connectivity index (χ3v) is 5.28. The lowest BCUT2D eigenvalue weighted by Crippen LogP contribution is -2.28. The summed E-state index contributed by atoms with van der Waals surface area (Å²) in [6.07, 6.45) is 5.40. The SMILES string of the molecule is C=C(N)OC(CN(c1cc(OC)cc(OC)c1)c1ccc2ncc(-c3cnn(C)c3)nc2c1)=NC. The molecule has 0 atom stereocenters. The zero-order valence-corrected chi connectivity index (χ0v) is 20.1. The Bertz CT molecular complexity index is 1370. The normalized spacial score (nSPS) is 11.4. The highest BCUT2D eigenvalue weighted by Gasteiger charge is 2.18. The molecule has 0 aliphatic carbocycles. The Morgan fingerprint density at radius 1 is 1.06 bits per heavy atom. The molecule has 4 rings (SSSR count). The van der Waals surface area contributed by atoms with Gasteiger partial charge in [0.05, 0.1) is 49.9 Å². The summed E-state index contributed by atoms with van der Waals surface area (Å²) < 4.78 is 18.2. The Labute approximate surface area is 203 Å². The zero-order valence-electron chi connectivity index (χ0n) is 20.1. The van der Waals surface area contributed by atoms with Crippen molar-refractivity contribution in [1.29, 1.82) is 0 Å². The lowest BCUT2D eigenvalue weighted by atomic mass is 10.2. The summed E-state index contributed by atoms with van der Waals surface area (Å²) in [7, 11) is 6.71. The van der Waals surface area contributed by atoms with Crippen LogP contribution in [0.3, 0.4) is 0 Å². The fourth-order valence-electron chi connectivity index (χ4n) is 3.58. The molecule has 2 N–H and O–H groups in total. The molecule has 4 aromatic rings. The number of aliphatic imine (C=N–C) groups is 1. The van der Waals surface area contributed by atoms with Gasteiger partial charge in [0.25, 0.3) is 0 Å². The summed E-state index contributed by atoms with van der Waals surface area (Å²) in [6.45, 7) is 3.89. The number of nitrogens with zero attached hydrogens (tertiary/aromatic N) is 6. The lowest BCUT2D eigenvalue weighted by molar-refractivity contribution is 0.394. The standard InChI is InChI=1S/C25H27N7O3/c1-16(26)35-25(27-2)15-32(19-8-20(33-4)11-21(9-19)34-5)18-6-7-22-23(10-18)30-24(13-28-22)17-12-29-31(3)14-17/h6-14H,1,15,26H2,2-5H3. The number of benzene rings is 2. The van der Waals surface area contributed by atoms with Crippen molar-refractivity contribution in [3.8, 4) is 22.8 Å². The van der Waals surface area contributed by atoms with Gasteiger partial charge in [-0.3, -0.25) is 14.7 Å². The molecule has 0 aliphatic rings. The number of methoxy groups -OCH3 is 2. The number of ether oxygens (including phenoxy) is 3. The van der Waals surface area contributed by atoms with E-state index in [0.29, 0.717) is 17.4 Å². The van der Waals surface area contributed by atoms with Gasteiger partial charge in [-0.05, 0) is 24.8 Å². The minimum Gasteiger partial charge on any atom is -0.497 e. The Balaban J connectivity index is 1.82. The van der Waals surface area contributed by atoms with Crippen LogP contribution in [0.15, 0.2) is 72.4 Å². The number of fused-ring (bicyclic) bond motifs is 1. The topological polar surface area (TPSA) is 113 Å². The monoisotopic (exact) mass is 473 g/mol. The molecule has 0 unspecified atom stereocenters. The Kier molecular flexibility index (Phi) is 6.81. The molecule has 0 saturated heterocycles. The van der Waals surface area contributed by atoms with Gasteiger partial charge in [0, 0.05) is 55.4 Å². The van der Waals surface area contributed by atoms with Crippen molar-refractivity contribution in [2.45, 2.75) is 0 Å². The molecular weight excluding hydrogens is 446 g/mol. The van der Waals surface area contributed by atoms with E-state index in [-0.39, 0.29) is 12.4 Å². The summed E-state index contributed by atoms with van der Waals surface area (Å²) in [5.74, 6) is 1.72. The van der Waals surface area contributed by atoms with E-state index in [0.717, 1.165) is 33.7 Å². The van der Waals surface area contributed by atoms with Gasteiger partial charge in [-0.25, -0.2) is 4.98 Å². The van der Waals surface area contributed by atoms with E-state index in [1.165, 1.54) is 0 Å². The summed E-state index contributed by atoms with van der Waals surface area (Å²) in [5.41, 5.74) is 10.4. The van der Waals surface area contributed by atoms with Crippen molar-refractivity contribution in [2.75, 3.05) is 32.7 Å². The minimum absolute atomic E-state index is 0.0549. The Morgan fingerprint density at radius 2 is 1.80 bits per heavy atom. The highest BCUT2D eigenvalue weighted by molar-refractivity contribution is 5.88. The number of aryl methyl sites for hydroxylation is 1. The van der Waals surface area contributed by atoms with Crippen molar-refractivity contribution < 1.29 is 14.2 Å². The maximum Gasteiger partial charge on any atom is 0.211 e. The smallest absolute Gasteiger partial charge is 0.211 e. The molecule has 180 valence electrons. The number of hydrogen-bond acceptors (Lipinski definition) is 9. The van der Waals surface area contributed by atoms with Crippen molar-refractivity contribution >= 4 is 28.3 Å². The first-order chi connectivity index (χ1) is 16.9. The molecule has 2 aromatic carbocycles. The van der Waals surface area contributed by atoms with Gasteiger partial charge in [-0.1, -0.05) is 0 Å². The van der Waals surface area contributed by atoms with Gasteiger partial charge >= 0.3 is 0 Å². The second kappa shape index (κ2) is 10.1. The van der Waals surface area contributed by atoms with E-state index in [2.05, 4.69) is 21.7 Å². The van der Waals surface area contributed by atoms with E-state index in [1.54, 1.807) is 44.4 Å². The van der Waals surface area contributed by atoms with Gasteiger partial charge in [-0.2, -0.15) is 5.10 Å². The van der Waals surface area contributed by atoms with Crippen molar-refractivity contribution in [3.63, 3.8) is 0 Å². The van der Waals surface area contributed by atoms with E-state index in [1.807, 2.05) is 48.5 Å². The molecule has 10 heteroatoms. The number of hydrogen-bond donors (Lipinski definition) is 1. The second-order valence-electron chi connectivity index (χ2n) is 7.67. The molecule has 0 saturated carbocycles. The largest absolute Gasteiger partial charge is 0.497 e. The fourth-order valence-corrected chi connectivity index (χ4v) is 3.58. The van der Waals surface area contributed by atoms with E-state index in [9.17, 15) is 0 Å². The minimum atomic E-state index is 0.0549. The molecule has 0 amide bonds. The molecule has 2 aromatic heterocycles. The van der Waals surface area contributed by atoms with Crippen LogP contribution in [0, 0.1) is 0 Å². The van der Waals surface area contributed by atoms with Crippen LogP contribution in [0.2, 0.25) is 0 Å². The highest BCUT2D eigenvalue weighted by Crippen LogP contribution is 2.34. The molecule has 0 spiro atoms. The average molecular weight is 474 g/mol.